The van der Waals surface area contributed by atoms with Crippen LogP contribution in [0.5, 0.6) is 0 Å². The number of carbonyl (C=O) groups excluding carboxylic acids is 1. The number of aliphatic hydroxyl groups excluding tert-OH is 3. The molecule has 3 N–H and O–H groups in total. The second-order valence-corrected chi connectivity index (χ2v) is 2.60. The number of carbonyl (C=O) groups is 1. The quantitative estimate of drug-likeness (QED) is 0.233. The Balaban J connectivity index is 4.27. The SMILES string of the molecule is O=CO[N+](CCO)(CCO)CCO. The fourth-order valence-corrected chi connectivity index (χ4v) is 1.13. The van der Waals surface area contributed by atoms with E-state index in [1.54, 1.807) is 0 Å². The van der Waals surface area contributed by atoms with Gasteiger partial charge in [-0.1, -0.05) is 0 Å². The summed E-state index contributed by atoms with van der Waals surface area (Å²) in [6.07, 6.45) is 0. The molecule has 0 aliphatic rings. The highest BCUT2D eigenvalue weighted by atomic mass is 16.7. The van der Waals surface area contributed by atoms with Crippen molar-refractivity contribution in [2.24, 2.45) is 0 Å². The van der Waals surface area contributed by atoms with Crippen LogP contribution in [0.25, 0.3) is 0 Å². The van der Waals surface area contributed by atoms with Crippen molar-refractivity contribution in [1.29, 1.82) is 0 Å². The van der Waals surface area contributed by atoms with E-state index < -0.39 is 0 Å². The minimum atomic E-state index is -0.243. The van der Waals surface area contributed by atoms with E-state index in [9.17, 15) is 4.79 Å². The van der Waals surface area contributed by atoms with Gasteiger partial charge in [0, 0.05) is 0 Å². The lowest BCUT2D eigenvalue weighted by Crippen LogP contribution is -2.52. The van der Waals surface area contributed by atoms with Gasteiger partial charge in [0.15, 0.2) is 0 Å². The van der Waals surface area contributed by atoms with E-state index in [1.807, 2.05) is 0 Å². The van der Waals surface area contributed by atoms with Crippen LogP contribution in [0.3, 0.4) is 0 Å². The first-order valence-electron chi connectivity index (χ1n) is 4.05. The first kappa shape index (κ1) is 12.3. The summed E-state index contributed by atoms with van der Waals surface area (Å²) < 4.78 is -0.243. The van der Waals surface area contributed by atoms with Crippen LogP contribution in [0.1, 0.15) is 0 Å². The molecule has 0 aromatic heterocycles. The van der Waals surface area contributed by atoms with E-state index in [4.69, 9.17) is 20.2 Å². The first-order valence-corrected chi connectivity index (χ1v) is 4.05. The summed E-state index contributed by atoms with van der Waals surface area (Å²) in [5, 5.41) is 26.1. The molecule has 0 rings (SSSR count). The largest absolute Gasteiger partial charge is 0.390 e. The summed E-state index contributed by atoms with van der Waals surface area (Å²) in [4.78, 5) is 14.9. The number of nitrogens with zero attached hydrogens (tertiary/aromatic N) is 1. The second kappa shape index (κ2) is 6.79. The average molecular weight is 194 g/mol. The summed E-state index contributed by atoms with van der Waals surface area (Å²) in [6.45, 7) is 0.232. The van der Waals surface area contributed by atoms with Crippen LogP contribution in [-0.2, 0) is 9.63 Å². The zero-order valence-corrected chi connectivity index (χ0v) is 7.43. The van der Waals surface area contributed by atoms with Crippen molar-refractivity contribution in [2.45, 2.75) is 0 Å². The summed E-state index contributed by atoms with van der Waals surface area (Å²) in [5.41, 5.74) is 0. The molecule has 0 spiro atoms. The van der Waals surface area contributed by atoms with Crippen LogP contribution in [0, 0.1) is 0 Å². The first-order chi connectivity index (χ1) is 6.24. The molecule has 0 atom stereocenters. The monoisotopic (exact) mass is 194 g/mol. The molecule has 6 nitrogen and oxygen atoms in total. The van der Waals surface area contributed by atoms with Crippen LogP contribution in [0.2, 0.25) is 0 Å². The van der Waals surface area contributed by atoms with Crippen molar-refractivity contribution >= 4 is 6.47 Å². The van der Waals surface area contributed by atoms with Gasteiger partial charge >= 0.3 is 6.47 Å². The zero-order valence-electron chi connectivity index (χ0n) is 7.43. The maximum absolute atomic E-state index is 10.2. The molecule has 0 aliphatic carbocycles. The van der Waals surface area contributed by atoms with Crippen molar-refractivity contribution < 1.29 is 29.6 Å². The third-order valence-electron chi connectivity index (χ3n) is 1.79. The van der Waals surface area contributed by atoms with Gasteiger partial charge in [0.2, 0.25) is 0 Å². The Labute approximate surface area is 76.5 Å². The average Bonchev–Trinajstić information content (AvgIpc) is 2.06. The summed E-state index contributed by atoms with van der Waals surface area (Å²) in [7, 11) is 0. The highest BCUT2D eigenvalue weighted by Gasteiger charge is 2.28. The van der Waals surface area contributed by atoms with Crippen LogP contribution >= 0.6 is 0 Å². The number of rotatable bonds is 8. The van der Waals surface area contributed by atoms with E-state index in [0.29, 0.717) is 0 Å². The molecule has 0 fully saturated rings. The zero-order chi connectivity index (χ0) is 10.2. The Hall–Kier alpha value is -0.690. The molecule has 0 heterocycles. The Morgan fingerprint density at radius 3 is 1.62 bits per heavy atom. The summed E-state index contributed by atoms with van der Waals surface area (Å²) in [5.74, 6) is 0. The van der Waals surface area contributed by atoms with Crippen molar-refractivity contribution in [3.05, 3.63) is 0 Å². The van der Waals surface area contributed by atoms with Crippen LogP contribution < -0.4 is 0 Å². The van der Waals surface area contributed by atoms with Crippen molar-refractivity contribution in [3.8, 4) is 0 Å². The van der Waals surface area contributed by atoms with E-state index >= 15 is 0 Å². The van der Waals surface area contributed by atoms with Crippen molar-refractivity contribution in [1.82, 2.24) is 0 Å². The molecule has 13 heavy (non-hydrogen) atoms. The van der Waals surface area contributed by atoms with Crippen molar-refractivity contribution in [2.75, 3.05) is 39.5 Å². The molecule has 0 unspecified atom stereocenters. The van der Waals surface area contributed by atoms with Crippen LogP contribution in [0.4, 0.5) is 0 Å². The molecule has 6 heteroatoms. The van der Waals surface area contributed by atoms with Crippen molar-refractivity contribution in [3.63, 3.8) is 0 Å². The number of hydroxylamine groups is 3. The summed E-state index contributed by atoms with van der Waals surface area (Å²) in [6, 6.07) is 0. The van der Waals surface area contributed by atoms with Gasteiger partial charge < -0.3 is 15.3 Å². The normalized spacial score (nSPS) is 11.3. The second-order valence-electron chi connectivity index (χ2n) is 2.60. The topological polar surface area (TPSA) is 87.0 Å². The molecular formula is C7H16NO5+. The van der Waals surface area contributed by atoms with Gasteiger partial charge in [-0.15, -0.1) is 4.65 Å². The fourth-order valence-electron chi connectivity index (χ4n) is 1.13. The molecule has 0 saturated heterocycles. The van der Waals surface area contributed by atoms with Gasteiger partial charge in [-0.3, -0.25) is 4.84 Å². The van der Waals surface area contributed by atoms with Crippen LogP contribution in [-0.4, -0.2) is 65.9 Å². The third-order valence-corrected chi connectivity index (χ3v) is 1.79. The summed E-state index contributed by atoms with van der Waals surface area (Å²) >= 11 is 0. The maximum atomic E-state index is 10.2. The number of hydrogen-bond acceptors (Lipinski definition) is 5. The number of quaternary nitrogens is 1. The lowest BCUT2D eigenvalue weighted by Gasteiger charge is -2.31. The number of hydrogen-bond donors (Lipinski definition) is 3. The third kappa shape index (κ3) is 4.18. The molecular weight excluding hydrogens is 178 g/mol. The van der Waals surface area contributed by atoms with E-state index in [0.717, 1.165) is 0 Å². The smallest absolute Gasteiger partial charge is 0.355 e. The molecule has 0 aromatic carbocycles. The van der Waals surface area contributed by atoms with E-state index in [1.165, 1.54) is 0 Å². The van der Waals surface area contributed by atoms with Gasteiger partial charge in [-0.05, 0) is 0 Å². The Morgan fingerprint density at radius 2 is 1.38 bits per heavy atom. The molecule has 0 saturated carbocycles. The molecule has 78 valence electrons. The van der Waals surface area contributed by atoms with E-state index in [2.05, 4.69) is 0 Å². The Bertz CT molecular complexity index is 124. The molecule has 0 radical (unpaired) electrons. The maximum Gasteiger partial charge on any atom is 0.355 e. The highest BCUT2D eigenvalue weighted by molar-refractivity contribution is 5.35. The molecule has 0 amide bonds. The lowest BCUT2D eigenvalue weighted by molar-refractivity contribution is -1.09. The van der Waals surface area contributed by atoms with Gasteiger partial charge in [0.05, 0.1) is 19.8 Å². The fraction of sp³-hybridized carbons (Fsp3) is 0.857. The van der Waals surface area contributed by atoms with Gasteiger partial charge in [-0.2, -0.15) is 0 Å². The molecule has 0 aliphatic heterocycles. The predicted molar refractivity (Wildman–Crippen MR) is 43.3 cm³/mol. The Morgan fingerprint density at radius 1 is 1.00 bits per heavy atom. The minimum absolute atomic E-state index is 0.167. The Kier molecular flexibility index (Phi) is 6.43. The minimum Gasteiger partial charge on any atom is -0.390 e. The van der Waals surface area contributed by atoms with E-state index in [-0.39, 0.29) is 50.6 Å². The molecule has 0 bridgehead atoms. The van der Waals surface area contributed by atoms with Crippen LogP contribution in [0.15, 0.2) is 0 Å². The standard InChI is InChI=1S/C7H16NO5/c9-4-1-8(2-5-10,3-6-11)13-7-12/h7,9-11H,1-6H2/q+1. The number of aliphatic hydroxyl groups is 3. The van der Waals surface area contributed by atoms with Gasteiger partial charge in [0.1, 0.15) is 19.6 Å². The lowest BCUT2D eigenvalue weighted by atomic mass is 10.4. The molecule has 0 aromatic rings. The van der Waals surface area contributed by atoms with Gasteiger partial charge in [0.25, 0.3) is 0 Å². The highest BCUT2D eigenvalue weighted by Crippen LogP contribution is 2.05. The predicted octanol–water partition coefficient (Wildman–Crippen LogP) is -2.13. The van der Waals surface area contributed by atoms with Gasteiger partial charge in [-0.25, -0.2) is 4.79 Å².